The molecule has 1 aromatic heterocycles. The number of carboxylic acids is 2. The molecule has 12 nitrogen and oxygen atoms in total. The summed E-state index contributed by atoms with van der Waals surface area (Å²) in [7, 11) is 0. The summed E-state index contributed by atoms with van der Waals surface area (Å²) in [5.41, 5.74) is 8.08. The largest absolute Gasteiger partial charge is 0.481 e. The molecule has 0 radical (unpaired) electrons. The molecule has 3 rings (SSSR count). The highest BCUT2D eigenvalue weighted by molar-refractivity contribution is 5.96. The van der Waals surface area contributed by atoms with Crippen LogP contribution in [0, 0.1) is 5.92 Å². The monoisotopic (exact) mass is 565 g/mol. The minimum absolute atomic E-state index is 0.0446. The maximum atomic E-state index is 13.3. The van der Waals surface area contributed by atoms with E-state index in [1.54, 1.807) is 56.4 Å². The average Bonchev–Trinajstić information content (AvgIpc) is 3.34. The van der Waals surface area contributed by atoms with Crippen LogP contribution in [0.25, 0.3) is 10.9 Å². The standard InChI is InChI=1S/C29H35N5O7/c1-16(2)25(30)28(39)33-21(12-17-8-4-3-5-9-17)26(37)32-22(14-24(35)36)27(38)34-23(29(40)41)13-18-15-31-20-11-7-6-10-19(18)20/h3-11,15-16,21-23,25,31H,12-14,30H2,1-2H3,(H,32,37)(H,33,39)(H,34,38)(H,35,36)(H,40,41). The maximum Gasteiger partial charge on any atom is 0.326 e. The van der Waals surface area contributed by atoms with Crippen LogP contribution in [0.1, 0.15) is 31.4 Å². The van der Waals surface area contributed by atoms with E-state index in [1.165, 1.54) is 0 Å². The topological polar surface area (TPSA) is 204 Å². The van der Waals surface area contributed by atoms with Crippen LogP contribution in [0.5, 0.6) is 0 Å². The number of benzene rings is 2. The Labute approximate surface area is 236 Å². The number of aromatic amines is 1. The van der Waals surface area contributed by atoms with Crippen LogP contribution in [0.4, 0.5) is 0 Å². The molecule has 0 saturated heterocycles. The van der Waals surface area contributed by atoms with Gasteiger partial charge in [0.15, 0.2) is 0 Å². The number of para-hydroxylation sites is 1. The highest BCUT2D eigenvalue weighted by Gasteiger charge is 2.32. The molecule has 0 bridgehead atoms. The van der Waals surface area contributed by atoms with Crippen molar-refractivity contribution in [3.8, 4) is 0 Å². The summed E-state index contributed by atoms with van der Waals surface area (Å²) >= 11 is 0. The van der Waals surface area contributed by atoms with Crippen LogP contribution < -0.4 is 21.7 Å². The quantitative estimate of drug-likeness (QED) is 0.150. The van der Waals surface area contributed by atoms with Gasteiger partial charge >= 0.3 is 11.9 Å². The van der Waals surface area contributed by atoms with E-state index in [4.69, 9.17) is 5.73 Å². The number of fused-ring (bicyclic) bond motifs is 1. The van der Waals surface area contributed by atoms with Gasteiger partial charge in [0.2, 0.25) is 17.7 Å². The molecule has 8 N–H and O–H groups in total. The van der Waals surface area contributed by atoms with Gasteiger partial charge in [-0.1, -0.05) is 62.4 Å². The molecule has 0 aliphatic heterocycles. The van der Waals surface area contributed by atoms with Gasteiger partial charge in [-0.2, -0.15) is 0 Å². The Morgan fingerprint density at radius 1 is 0.780 bits per heavy atom. The number of aromatic nitrogens is 1. The number of hydrogen-bond acceptors (Lipinski definition) is 6. The summed E-state index contributed by atoms with van der Waals surface area (Å²) in [6.07, 6.45) is 0.790. The zero-order valence-electron chi connectivity index (χ0n) is 22.8. The number of H-pyrrole nitrogens is 1. The molecule has 41 heavy (non-hydrogen) atoms. The first-order chi connectivity index (χ1) is 19.5. The van der Waals surface area contributed by atoms with Crippen molar-refractivity contribution < 1.29 is 34.2 Å². The van der Waals surface area contributed by atoms with E-state index in [1.807, 2.05) is 18.2 Å². The molecule has 4 unspecified atom stereocenters. The van der Waals surface area contributed by atoms with Crippen molar-refractivity contribution in [2.45, 2.75) is 57.3 Å². The summed E-state index contributed by atoms with van der Waals surface area (Å²) < 4.78 is 0. The molecule has 4 atom stereocenters. The van der Waals surface area contributed by atoms with Gasteiger partial charge < -0.3 is 36.9 Å². The predicted molar refractivity (Wildman–Crippen MR) is 151 cm³/mol. The molecular weight excluding hydrogens is 530 g/mol. The molecule has 3 aromatic rings. The predicted octanol–water partition coefficient (Wildman–Crippen LogP) is 0.950. The lowest BCUT2D eigenvalue weighted by atomic mass is 10.0. The Balaban J connectivity index is 1.79. The smallest absolute Gasteiger partial charge is 0.326 e. The molecule has 0 aliphatic carbocycles. The van der Waals surface area contributed by atoms with Crippen LogP contribution in [0.2, 0.25) is 0 Å². The van der Waals surface area contributed by atoms with Gasteiger partial charge in [0.05, 0.1) is 12.5 Å². The summed E-state index contributed by atoms with van der Waals surface area (Å²) in [5, 5.41) is 27.3. The fourth-order valence-corrected chi connectivity index (χ4v) is 4.28. The van der Waals surface area contributed by atoms with E-state index >= 15 is 0 Å². The molecule has 1 heterocycles. The van der Waals surface area contributed by atoms with Crippen molar-refractivity contribution in [1.82, 2.24) is 20.9 Å². The maximum absolute atomic E-state index is 13.3. The van der Waals surface area contributed by atoms with Crippen molar-refractivity contribution in [3.05, 3.63) is 71.9 Å². The third-order valence-electron chi connectivity index (χ3n) is 6.66. The van der Waals surface area contributed by atoms with Gasteiger partial charge in [0.25, 0.3) is 0 Å². The second-order valence-electron chi connectivity index (χ2n) is 10.1. The zero-order valence-corrected chi connectivity index (χ0v) is 22.8. The summed E-state index contributed by atoms with van der Waals surface area (Å²) in [4.78, 5) is 65.8. The Bertz CT molecular complexity index is 1390. The van der Waals surface area contributed by atoms with E-state index in [-0.39, 0.29) is 18.8 Å². The average molecular weight is 566 g/mol. The Morgan fingerprint density at radius 2 is 1.37 bits per heavy atom. The van der Waals surface area contributed by atoms with Crippen molar-refractivity contribution in [3.63, 3.8) is 0 Å². The number of carbonyl (C=O) groups is 5. The first-order valence-electron chi connectivity index (χ1n) is 13.2. The lowest BCUT2D eigenvalue weighted by molar-refractivity contribution is -0.143. The number of carboxylic acid groups (broad SMARTS) is 2. The second-order valence-corrected chi connectivity index (χ2v) is 10.1. The summed E-state index contributed by atoms with van der Waals surface area (Å²) in [5.74, 6) is -5.33. The fourth-order valence-electron chi connectivity index (χ4n) is 4.28. The van der Waals surface area contributed by atoms with Gasteiger partial charge in [-0.25, -0.2) is 4.79 Å². The van der Waals surface area contributed by atoms with Gasteiger partial charge in [-0.05, 0) is 23.1 Å². The SMILES string of the molecule is CC(C)C(N)C(=O)NC(Cc1ccccc1)C(=O)NC(CC(=O)O)C(=O)NC(Cc1c[nH]c2ccccc12)C(=O)O. The number of nitrogens with two attached hydrogens (primary N) is 1. The van der Waals surface area contributed by atoms with Crippen molar-refractivity contribution in [1.29, 1.82) is 0 Å². The molecular formula is C29H35N5O7. The van der Waals surface area contributed by atoms with E-state index < -0.39 is 60.2 Å². The molecule has 0 spiro atoms. The van der Waals surface area contributed by atoms with Crippen LogP contribution in [0.3, 0.4) is 0 Å². The summed E-state index contributed by atoms with van der Waals surface area (Å²) in [6.45, 7) is 3.50. The van der Waals surface area contributed by atoms with Crippen LogP contribution in [-0.2, 0) is 36.8 Å². The lowest BCUT2D eigenvalue weighted by Gasteiger charge is -2.25. The number of nitrogens with one attached hydrogen (secondary N) is 4. The van der Waals surface area contributed by atoms with Gasteiger partial charge in [-0.3, -0.25) is 19.2 Å². The fraction of sp³-hybridized carbons (Fsp3) is 0.345. The van der Waals surface area contributed by atoms with Crippen LogP contribution in [0.15, 0.2) is 60.8 Å². The van der Waals surface area contributed by atoms with E-state index in [2.05, 4.69) is 20.9 Å². The number of aliphatic carboxylic acids is 2. The third-order valence-corrected chi connectivity index (χ3v) is 6.66. The lowest BCUT2D eigenvalue weighted by Crippen LogP contribution is -2.58. The summed E-state index contributed by atoms with van der Waals surface area (Å²) in [6, 6.07) is 10.9. The Morgan fingerprint density at radius 3 is 2.00 bits per heavy atom. The highest BCUT2D eigenvalue weighted by atomic mass is 16.4. The molecule has 2 aromatic carbocycles. The van der Waals surface area contributed by atoms with Gasteiger partial charge in [0, 0.05) is 29.9 Å². The zero-order chi connectivity index (χ0) is 30.1. The van der Waals surface area contributed by atoms with Crippen molar-refractivity contribution >= 4 is 40.6 Å². The molecule has 0 fully saturated rings. The van der Waals surface area contributed by atoms with Crippen LogP contribution >= 0.6 is 0 Å². The van der Waals surface area contributed by atoms with Crippen LogP contribution in [-0.4, -0.2) is 69.0 Å². The number of carbonyl (C=O) groups excluding carboxylic acids is 3. The highest BCUT2D eigenvalue weighted by Crippen LogP contribution is 2.19. The van der Waals surface area contributed by atoms with E-state index in [0.717, 1.165) is 10.9 Å². The minimum Gasteiger partial charge on any atom is -0.481 e. The van der Waals surface area contributed by atoms with Crippen molar-refractivity contribution in [2.24, 2.45) is 11.7 Å². The third kappa shape index (κ3) is 8.64. The first-order valence-corrected chi connectivity index (χ1v) is 13.2. The Hall–Kier alpha value is -4.71. The second kappa shape index (κ2) is 14.1. The molecule has 0 saturated carbocycles. The number of rotatable bonds is 14. The van der Waals surface area contributed by atoms with Gasteiger partial charge in [0.1, 0.15) is 18.1 Å². The first kappa shape index (κ1) is 30.8. The van der Waals surface area contributed by atoms with E-state index in [9.17, 15) is 34.2 Å². The Kier molecular flexibility index (Phi) is 10.6. The molecule has 3 amide bonds. The molecule has 12 heteroatoms. The number of amides is 3. The molecule has 218 valence electrons. The normalized spacial score (nSPS) is 14.0. The van der Waals surface area contributed by atoms with Gasteiger partial charge in [-0.15, -0.1) is 0 Å². The van der Waals surface area contributed by atoms with E-state index in [0.29, 0.717) is 11.1 Å². The molecule has 0 aliphatic rings. The minimum atomic E-state index is -1.61. The van der Waals surface area contributed by atoms with Crippen molar-refractivity contribution in [2.75, 3.05) is 0 Å². The number of hydrogen-bond donors (Lipinski definition) is 7.